The smallest absolute Gasteiger partial charge is 0.313 e. The summed E-state index contributed by atoms with van der Waals surface area (Å²) in [5.41, 5.74) is 0. The van der Waals surface area contributed by atoms with Gasteiger partial charge in [0.1, 0.15) is 0 Å². The number of unbranched alkanes of at least 4 members (excludes halogenated alkanes) is 9. The van der Waals surface area contributed by atoms with E-state index < -0.39 is 0 Å². The van der Waals surface area contributed by atoms with Gasteiger partial charge in [0.05, 0.1) is 0 Å². The first-order valence-corrected chi connectivity index (χ1v) is 9.79. The van der Waals surface area contributed by atoms with Crippen molar-refractivity contribution >= 4 is 11.9 Å². The van der Waals surface area contributed by atoms with E-state index in [9.17, 15) is 9.59 Å². The molecule has 0 fully saturated rings. The fourth-order valence-electron chi connectivity index (χ4n) is 2.63. The molecule has 0 saturated carbocycles. The molecule has 0 spiro atoms. The zero-order valence-electron chi connectivity index (χ0n) is 15.7. The molecule has 0 aromatic carbocycles. The largest absolute Gasteiger partial charge is 0.393 e. The van der Waals surface area contributed by atoms with E-state index in [1.165, 1.54) is 51.4 Å². The minimum Gasteiger partial charge on any atom is -0.393 e. The van der Waals surface area contributed by atoms with Crippen LogP contribution in [0.5, 0.6) is 0 Å². The molecule has 0 rings (SSSR count). The van der Waals surface area contributed by atoms with Gasteiger partial charge >= 0.3 is 11.9 Å². The van der Waals surface area contributed by atoms with Crippen molar-refractivity contribution in [2.75, 3.05) is 0 Å². The van der Waals surface area contributed by atoms with E-state index >= 15 is 0 Å². The molecule has 0 N–H and O–H groups in total. The van der Waals surface area contributed by atoms with Crippen molar-refractivity contribution in [2.24, 2.45) is 5.92 Å². The van der Waals surface area contributed by atoms with E-state index in [0.29, 0.717) is 12.8 Å². The maximum Gasteiger partial charge on any atom is 0.313 e. The normalized spacial score (nSPS) is 11.0. The Morgan fingerprint density at radius 1 is 0.696 bits per heavy atom. The quantitative estimate of drug-likeness (QED) is 0.204. The van der Waals surface area contributed by atoms with Gasteiger partial charge in [0.25, 0.3) is 0 Å². The van der Waals surface area contributed by atoms with Gasteiger partial charge in [-0.3, -0.25) is 9.59 Å². The average Bonchev–Trinajstić information content (AvgIpc) is 2.49. The second-order valence-electron chi connectivity index (χ2n) is 7.06. The Morgan fingerprint density at radius 3 is 1.61 bits per heavy atom. The van der Waals surface area contributed by atoms with Gasteiger partial charge in [-0.15, -0.1) is 0 Å². The van der Waals surface area contributed by atoms with Gasteiger partial charge in [-0.05, 0) is 18.8 Å². The number of esters is 2. The standard InChI is InChI=1S/C20H38O3/c1-4-5-6-7-10-13-16-19(21)23-20(22)17-14-11-8-9-12-15-18(2)3/h18H,4-17H2,1-3H3. The van der Waals surface area contributed by atoms with Crippen molar-refractivity contribution in [1.82, 2.24) is 0 Å². The molecule has 0 amide bonds. The lowest BCUT2D eigenvalue weighted by Gasteiger charge is -2.05. The molecular formula is C20H38O3. The summed E-state index contributed by atoms with van der Waals surface area (Å²) in [4.78, 5) is 23.1. The number of ether oxygens (including phenoxy) is 1. The summed E-state index contributed by atoms with van der Waals surface area (Å²) in [6.07, 6.45) is 14.4. The third-order valence-electron chi connectivity index (χ3n) is 4.12. The lowest BCUT2D eigenvalue weighted by atomic mass is 10.0. The van der Waals surface area contributed by atoms with Gasteiger partial charge in [0.2, 0.25) is 0 Å². The van der Waals surface area contributed by atoms with Gasteiger partial charge < -0.3 is 4.74 Å². The molecular weight excluding hydrogens is 288 g/mol. The summed E-state index contributed by atoms with van der Waals surface area (Å²) >= 11 is 0. The molecule has 3 heteroatoms. The van der Waals surface area contributed by atoms with Crippen molar-refractivity contribution in [3.63, 3.8) is 0 Å². The molecule has 23 heavy (non-hydrogen) atoms. The van der Waals surface area contributed by atoms with Crippen LogP contribution < -0.4 is 0 Å². The van der Waals surface area contributed by atoms with E-state index in [0.717, 1.165) is 31.6 Å². The Bertz CT molecular complexity index is 297. The van der Waals surface area contributed by atoms with Crippen LogP contribution in [0, 0.1) is 5.92 Å². The third-order valence-corrected chi connectivity index (χ3v) is 4.12. The zero-order chi connectivity index (χ0) is 17.3. The van der Waals surface area contributed by atoms with Crippen LogP contribution in [0.25, 0.3) is 0 Å². The Hall–Kier alpha value is -0.860. The summed E-state index contributed by atoms with van der Waals surface area (Å²) in [5.74, 6) is 0.0909. The number of carbonyl (C=O) groups excluding carboxylic acids is 2. The second kappa shape index (κ2) is 16.0. The number of hydrogen-bond donors (Lipinski definition) is 0. The Labute approximate surface area is 143 Å². The third kappa shape index (κ3) is 17.3. The summed E-state index contributed by atoms with van der Waals surface area (Å²) in [6.45, 7) is 6.69. The maximum absolute atomic E-state index is 11.6. The highest BCUT2D eigenvalue weighted by Gasteiger charge is 2.09. The predicted molar refractivity (Wildman–Crippen MR) is 96.2 cm³/mol. The lowest BCUT2D eigenvalue weighted by Crippen LogP contribution is -2.11. The Kier molecular flexibility index (Phi) is 15.4. The molecule has 0 heterocycles. The zero-order valence-corrected chi connectivity index (χ0v) is 15.7. The van der Waals surface area contributed by atoms with Crippen LogP contribution in [-0.2, 0) is 14.3 Å². The van der Waals surface area contributed by atoms with Crippen LogP contribution in [0.4, 0.5) is 0 Å². The van der Waals surface area contributed by atoms with Gasteiger partial charge in [-0.2, -0.15) is 0 Å². The summed E-state index contributed by atoms with van der Waals surface area (Å²) in [5, 5.41) is 0. The van der Waals surface area contributed by atoms with Crippen molar-refractivity contribution in [3.8, 4) is 0 Å². The molecule has 0 aliphatic carbocycles. The molecule has 0 unspecified atom stereocenters. The minimum absolute atomic E-state index is 0.344. The van der Waals surface area contributed by atoms with Crippen LogP contribution in [0.3, 0.4) is 0 Å². The molecule has 3 nitrogen and oxygen atoms in total. The van der Waals surface area contributed by atoms with Gasteiger partial charge in [-0.25, -0.2) is 0 Å². The van der Waals surface area contributed by atoms with Crippen molar-refractivity contribution < 1.29 is 14.3 Å². The minimum atomic E-state index is -0.345. The van der Waals surface area contributed by atoms with Crippen LogP contribution in [0.2, 0.25) is 0 Å². The van der Waals surface area contributed by atoms with Crippen molar-refractivity contribution in [3.05, 3.63) is 0 Å². The van der Waals surface area contributed by atoms with E-state index in [1.54, 1.807) is 0 Å². The predicted octanol–water partition coefficient (Wildman–Crippen LogP) is 6.19. The van der Waals surface area contributed by atoms with E-state index in [4.69, 9.17) is 4.74 Å². The summed E-state index contributed by atoms with van der Waals surface area (Å²) < 4.78 is 4.86. The van der Waals surface area contributed by atoms with E-state index in [-0.39, 0.29) is 11.9 Å². The SMILES string of the molecule is CCCCCCCCC(=O)OC(=O)CCCCCCCC(C)C. The first-order valence-electron chi connectivity index (χ1n) is 9.79. The van der Waals surface area contributed by atoms with Crippen LogP contribution in [0.15, 0.2) is 0 Å². The van der Waals surface area contributed by atoms with E-state index in [2.05, 4.69) is 20.8 Å². The molecule has 0 bridgehead atoms. The van der Waals surface area contributed by atoms with E-state index in [1.807, 2.05) is 0 Å². The molecule has 0 aliphatic heterocycles. The number of hydrogen-bond acceptors (Lipinski definition) is 3. The molecule has 0 saturated heterocycles. The van der Waals surface area contributed by atoms with Crippen LogP contribution in [0.1, 0.15) is 111 Å². The molecule has 136 valence electrons. The highest BCUT2D eigenvalue weighted by atomic mass is 16.6. The highest BCUT2D eigenvalue weighted by molar-refractivity contribution is 5.85. The highest BCUT2D eigenvalue weighted by Crippen LogP contribution is 2.12. The molecule has 0 aliphatic rings. The summed E-state index contributed by atoms with van der Waals surface area (Å²) in [7, 11) is 0. The number of carbonyl (C=O) groups is 2. The second-order valence-corrected chi connectivity index (χ2v) is 7.06. The topological polar surface area (TPSA) is 43.4 Å². The number of rotatable bonds is 15. The summed E-state index contributed by atoms with van der Waals surface area (Å²) in [6, 6.07) is 0. The van der Waals surface area contributed by atoms with Crippen molar-refractivity contribution in [1.29, 1.82) is 0 Å². The molecule has 0 atom stereocenters. The molecule has 0 aromatic heterocycles. The Balaban J connectivity index is 3.39. The first-order chi connectivity index (χ1) is 11.1. The average molecular weight is 327 g/mol. The first kappa shape index (κ1) is 22.1. The fraction of sp³-hybridized carbons (Fsp3) is 0.900. The van der Waals surface area contributed by atoms with Gasteiger partial charge in [0, 0.05) is 12.8 Å². The fourth-order valence-corrected chi connectivity index (χ4v) is 2.63. The van der Waals surface area contributed by atoms with Gasteiger partial charge in [0.15, 0.2) is 0 Å². The maximum atomic E-state index is 11.6. The molecule has 0 aromatic rings. The van der Waals surface area contributed by atoms with Crippen molar-refractivity contribution in [2.45, 2.75) is 111 Å². The van der Waals surface area contributed by atoms with Crippen LogP contribution in [-0.4, -0.2) is 11.9 Å². The van der Waals surface area contributed by atoms with Gasteiger partial charge in [-0.1, -0.05) is 85.0 Å². The van der Waals surface area contributed by atoms with Crippen LogP contribution >= 0.6 is 0 Å². The molecule has 0 radical (unpaired) electrons. The Morgan fingerprint density at radius 2 is 1.13 bits per heavy atom. The monoisotopic (exact) mass is 326 g/mol. The lowest BCUT2D eigenvalue weighted by molar-refractivity contribution is -0.159.